The van der Waals surface area contributed by atoms with Crippen molar-refractivity contribution in [2.45, 2.75) is 32.4 Å². The zero-order valence-corrected chi connectivity index (χ0v) is 11.8. The van der Waals surface area contributed by atoms with E-state index >= 15 is 0 Å². The van der Waals surface area contributed by atoms with Gasteiger partial charge < -0.3 is 10.4 Å². The van der Waals surface area contributed by atoms with Gasteiger partial charge >= 0.3 is 0 Å². The van der Waals surface area contributed by atoms with Crippen LogP contribution in [0.25, 0.3) is 0 Å². The lowest BCUT2D eigenvalue weighted by molar-refractivity contribution is 0.452. The summed E-state index contributed by atoms with van der Waals surface area (Å²) in [6, 6.07) is 14.1. The van der Waals surface area contributed by atoms with E-state index in [-0.39, 0.29) is 23.7 Å². The number of halogens is 1. The maximum Gasteiger partial charge on any atom is 0.123 e. The number of hydrogen-bond donors (Lipinski definition) is 2. The summed E-state index contributed by atoms with van der Waals surface area (Å²) in [4.78, 5) is 0. The lowest BCUT2D eigenvalue weighted by Crippen LogP contribution is -2.24. The first-order valence-corrected chi connectivity index (χ1v) is 6.90. The molecular weight excluding hydrogens is 253 g/mol. The second kappa shape index (κ2) is 6.53. The van der Waals surface area contributed by atoms with Gasteiger partial charge in [0.05, 0.1) is 0 Å². The normalized spacial score (nSPS) is 13.9. The molecule has 0 aliphatic carbocycles. The first-order valence-electron chi connectivity index (χ1n) is 6.90. The molecule has 0 fully saturated rings. The van der Waals surface area contributed by atoms with Crippen LogP contribution >= 0.6 is 0 Å². The molecule has 0 spiro atoms. The monoisotopic (exact) mass is 273 g/mol. The molecule has 0 aliphatic rings. The Morgan fingerprint density at radius 1 is 1.00 bits per heavy atom. The average Bonchev–Trinajstić information content (AvgIpc) is 2.46. The number of nitrogens with one attached hydrogen (secondary N) is 1. The fraction of sp³-hybridized carbons (Fsp3) is 0.294. The first-order chi connectivity index (χ1) is 9.60. The van der Waals surface area contributed by atoms with Gasteiger partial charge in [-0.3, -0.25) is 0 Å². The number of phenols is 1. The molecule has 1 unspecified atom stereocenters. The standard InChI is InChI=1S/C17H20FNO/c1-3-17(14-6-10-16(20)11-7-14)19-12(2)13-4-8-15(18)9-5-13/h4-12,17,19-20H,3H2,1-2H3/t12-,17?/m1/s1. The van der Waals surface area contributed by atoms with E-state index in [9.17, 15) is 9.50 Å². The molecule has 106 valence electrons. The molecule has 2 atom stereocenters. The maximum absolute atomic E-state index is 12.9. The van der Waals surface area contributed by atoms with Crippen LogP contribution in [0.4, 0.5) is 4.39 Å². The minimum Gasteiger partial charge on any atom is -0.508 e. The van der Waals surface area contributed by atoms with Crippen molar-refractivity contribution in [1.82, 2.24) is 5.32 Å². The van der Waals surface area contributed by atoms with Gasteiger partial charge in [-0.2, -0.15) is 0 Å². The second-order valence-electron chi connectivity index (χ2n) is 4.99. The Morgan fingerprint density at radius 3 is 2.10 bits per heavy atom. The summed E-state index contributed by atoms with van der Waals surface area (Å²) in [5.41, 5.74) is 2.20. The van der Waals surface area contributed by atoms with Crippen molar-refractivity contribution in [3.05, 3.63) is 65.5 Å². The van der Waals surface area contributed by atoms with E-state index in [1.54, 1.807) is 24.3 Å². The smallest absolute Gasteiger partial charge is 0.123 e. The zero-order valence-electron chi connectivity index (χ0n) is 11.8. The SMILES string of the molecule is CCC(N[C@H](C)c1ccc(F)cc1)c1ccc(O)cc1. The third-order valence-corrected chi connectivity index (χ3v) is 3.52. The van der Waals surface area contributed by atoms with E-state index in [4.69, 9.17) is 0 Å². The van der Waals surface area contributed by atoms with E-state index in [1.807, 2.05) is 12.1 Å². The number of hydrogen-bond acceptors (Lipinski definition) is 2. The van der Waals surface area contributed by atoms with Crippen LogP contribution in [-0.2, 0) is 0 Å². The van der Waals surface area contributed by atoms with Crippen LogP contribution in [-0.4, -0.2) is 5.11 Å². The van der Waals surface area contributed by atoms with E-state index in [1.165, 1.54) is 12.1 Å². The summed E-state index contributed by atoms with van der Waals surface area (Å²) < 4.78 is 12.9. The van der Waals surface area contributed by atoms with Gasteiger partial charge in [0.25, 0.3) is 0 Å². The van der Waals surface area contributed by atoms with Crippen molar-refractivity contribution in [3.63, 3.8) is 0 Å². The van der Waals surface area contributed by atoms with Crippen LogP contribution in [0.5, 0.6) is 5.75 Å². The average molecular weight is 273 g/mol. The highest BCUT2D eigenvalue weighted by Gasteiger charge is 2.13. The predicted octanol–water partition coefficient (Wildman–Crippen LogP) is 4.33. The van der Waals surface area contributed by atoms with E-state index in [0.29, 0.717) is 0 Å². The van der Waals surface area contributed by atoms with Gasteiger partial charge in [0.15, 0.2) is 0 Å². The van der Waals surface area contributed by atoms with E-state index in [0.717, 1.165) is 17.5 Å². The molecule has 0 amide bonds. The largest absolute Gasteiger partial charge is 0.508 e. The summed E-state index contributed by atoms with van der Waals surface area (Å²) in [7, 11) is 0. The fourth-order valence-corrected chi connectivity index (χ4v) is 2.31. The van der Waals surface area contributed by atoms with Crippen LogP contribution in [0.1, 0.15) is 43.5 Å². The predicted molar refractivity (Wildman–Crippen MR) is 79.1 cm³/mol. The Morgan fingerprint density at radius 2 is 1.55 bits per heavy atom. The molecule has 2 N–H and O–H groups in total. The van der Waals surface area contributed by atoms with Gasteiger partial charge in [-0.05, 0) is 48.7 Å². The zero-order chi connectivity index (χ0) is 14.5. The van der Waals surface area contributed by atoms with Crippen molar-refractivity contribution in [2.24, 2.45) is 0 Å². The van der Waals surface area contributed by atoms with Crippen molar-refractivity contribution >= 4 is 0 Å². The van der Waals surface area contributed by atoms with Gasteiger partial charge in [-0.1, -0.05) is 31.2 Å². The molecule has 0 saturated carbocycles. The highest BCUT2D eigenvalue weighted by Crippen LogP contribution is 2.23. The van der Waals surface area contributed by atoms with Gasteiger partial charge in [0.2, 0.25) is 0 Å². The van der Waals surface area contributed by atoms with Crippen molar-refractivity contribution in [3.8, 4) is 5.75 Å². The molecule has 0 aliphatic heterocycles. The molecule has 20 heavy (non-hydrogen) atoms. The van der Waals surface area contributed by atoms with Crippen molar-refractivity contribution in [2.75, 3.05) is 0 Å². The topological polar surface area (TPSA) is 32.3 Å². The Bertz CT molecular complexity index is 536. The highest BCUT2D eigenvalue weighted by molar-refractivity contribution is 5.28. The molecule has 2 aromatic carbocycles. The summed E-state index contributed by atoms with van der Waals surface area (Å²) >= 11 is 0. The molecule has 2 nitrogen and oxygen atoms in total. The molecule has 0 saturated heterocycles. The second-order valence-corrected chi connectivity index (χ2v) is 4.99. The fourth-order valence-electron chi connectivity index (χ4n) is 2.31. The molecule has 2 aromatic rings. The lowest BCUT2D eigenvalue weighted by atomic mass is 10.0. The summed E-state index contributed by atoms with van der Waals surface area (Å²) in [5.74, 6) is 0.0571. The van der Waals surface area contributed by atoms with Crippen LogP contribution in [0.2, 0.25) is 0 Å². The van der Waals surface area contributed by atoms with E-state index in [2.05, 4.69) is 19.2 Å². The van der Waals surface area contributed by atoms with Crippen LogP contribution in [0.15, 0.2) is 48.5 Å². The number of benzene rings is 2. The van der Waals surface area contributed by atoms with Crippen molar-refractivity contribution in [1.29, 1.82) is 0 Å². The third-order valence-electron chi connectivity index (χ3n) is 3.52. The molecule has 0 bridgehead atoms. The lowest BCUT2D eigenvalue weighted by Gasteiger charge is -2.23. The van der Waals surface area contributed by atoms with Crippen LogP contribution < -0.4 is 5.32 Å². The molecule has 0 radical (unpaired) electrons. The maximum atomic E-state index is 12.9. The van der Waals surface area contributed by atoms with E-state index < -0.39 is 0 Å². The third kappa shape index (κ3) is 3.58. The Balaban J connectivity index is 2.09. The van der Waals surface area contributed by atoms with Gasteiger partial charge in [-0.25, -0.2) is 4.39 Å². The van der Waals surface area contributed by atoms with Gasteiger partial charge in [0, 0.05) is 12.1 Å². The molecule has 0 heterocycles. The highest BCUT2D eigenvalue weighted by atomic mass is 19.1. The quantitative estimate of drug-likeness (QED) is 0.849. The molecular formula is C17H20FNO. The van der Waals surface area contributed by atoms with Crippen LogP contribution in [0.3, 0.4) is 0 Å². The molecule has 0 aromatic heterocycles. The van der Waals surface area contributed by atoms with Crippen LogP contribution in [0, 0.1) is 5.82 Å². The summed E-state index contributed by atoms with van der Waals surface area (Å²) in [6.07, 6.45) is 0.941. The van der Waals surface area contributed by atoms with Gasteiger partial charge in [0.1, 0.15) is 11.6 Å². The Kier molecular flexibility index (Phi) is 4.74. The summed E-state index contributed by atoms with van der Waals surface area (Å²) in [5, 5.41) is 12.9. The number of aromatic hydroxyl groups is 1. The Hall–Kier alpha value is -1.87. The number of phenolic OH excluding ortho intramolecular Hbond substituents is 1. The molecule has 3 heteroatoms. The summed E-state index contributed by atoms with van der Waals surface area (Å²) in [6.45, 7) is 4.18. The minimum atomic E-state index is -0.216. The first kappa shape index (κ1) is 14.5. The minimum absolute atomic E-state index is 0.134. The molecule has 2 rings (SSSR count). The van der Waals surface area contributed by atoms with Gasteiger partial charge in [-0.15, -0.1) is 0 Å². The number of rotatable bonds is 5. The van der Waals surface area contributed by atoms with Crippen molar-refractivity contribution < 1.29 is 9.50 Å². The Labute approximate surface area is 119 Å².